The normalized spacial score (nSPS) is 16.5. The molecule has 0 aliphatic carbocycles. The van der Waals surface area contributed by atoms with Crippen LogP contribution in [0.5, 0.6) is 0 Å². The van der Waals surface area contributed by atoms with E-state index in [0.29, 0.717) is 16.4 Å². The van der Waals surface area contributed by atoms with E-state index in [2.05, 4.69) is 6.07 Å². The smallest absolute Gasteiger partial charge is 0.143 e. The summed E-state index contributed by atoms with van der Waals surface area (Å²) in [5, 5.41) is 1.37. The molecule has 0 atom stereocenters. The number of rotatable bonds is 4. The van der Waals surface area contributed by atoms with Crippen LogP contribution >= 0.6 is 0 Å². The highest BCUT2D eigenvalue weighted by molar-refractivity contribution is 6.21. The first-order valence-corrected chi connectivity index (χ1v) is 15.5. The molecule has 0 bridgehead atoms. The lowest BCUT2D eigenvalue weighted by molar-refractivity contribution is 0.670. The standard InChI is InChI=1S/C48H30O/c1-2-13-32(14-3-1)46-40-18-6-8-20-42(40)47(43-21-9-7-19-41(43)46)37-17-10-16-36(29-37)38-22-11-23-44-39-27-26-35(30-45(39)49-48(38)44)34-25-24-31-12-4-5-15-33(31)28-34/h1-30H/i1D,2D,3D,6D,7D,8D,9D,10D,13D,14D,16D,17D,18D,19D,20D,21D,29D. The maximum absolute atomic E-state index is 9.90. The average molecular weight is 640 g/mol. The molecule has 0 unspecified atom stereocenters. The van der Waals surface area contributed by atoms with Crippen molar-refractivity contribution in [2.45, 2.75) is 0 Å². The van der Waals surface area contributed by atoms with Gasteiger partial charge in [-0.15, -0.1) is 0 Å². The lowest BCUT2D eigenvalue weighted by atomic mass is 9.85. The second kappa shape index (κ2) is 11.1. The second-order valence-electron chi connectivity index (χ2n) is 11.6. The van der Waals surface area contributed by atoms with Gasteiger partial charge in [0.1, 0.15) is 11.2 Å². The molecular formula is C48H30O. The Kier molecular flexibility index (Phi) is 3.54. The molecule has 1 nitrogen and oxygen atoms in total. The number of benzene rings is 9. The second-order valence-corrected chi connectivity index (χ2v) is 11.6. The first-order chi connectivity index (χ1) is 31.4. The van der Waals surface area contributed by atoms with Gasteiger partial charge in [-0.1, -0.05) is 157 Å². The van der Waals surface area contributed by atoms with Crippen LogP contribution in [0.4, 0.5) is 0 Å². The third-order valence-electron chi connectivity index (χ3n) is 8.85. The van der Waals surface area contributed by atoms with E-state index in [-0.39, 0.29) is 16.7 Å². The highest BCUT2D eigenvalue weighted by Crippen LogP contribution is 2.45. The van der Waals surface area contributed by atoms with Crippen molar-refractivity contribution in [1.29, 1.82) is 0 Å². The van der Waals surface area contributed by atoms with Crippen LogP contribution in [0.15, 0.2) is 186 Å². The number of fused-ring (bicyclic) bond motifs is 6. The van der Waals surface area contributed by atoms with Crippen LogP contribution in [-0.2, 0) is 0 Å². The Hall–Kier alpha value is -6.44. The molecule has 49 heavy (non-hydrogen) atoms. The van der Waals surface area contributed by atoms with Gasteiger partial charge >= 0.3 is 0 Å². The van der Waals surface area contributed by atoms with Crippen molar-refractivity contribution in [1.82, 2.24) is 0 Å². The van der Waals surface area contributed by atoms with Crippen molar-refractivity contribution >= 4 is 54.3 Å². The first-order valence-electron chi connectivity index (χ1n) is 24.0. The minimum Gasteiger partial charge on any atom is -0.455 e. The van der Waals surface area contributed by atoms with E-state index in [1.54, 1.807) is 18.2 Å². The number of para-hydroxylation sites is 1. The fourth-order valence-corrected chi connectivity index (χ4v) is 6.65. The molecule has 0 spiro atoms. The van der Waals surface area contributed by atoms with Gasteiger partial charge in [0.15, 0.2) is 0 Å². The third-order valence-corrected chi connectivity index (χ3v) is 8.85. The lowest BCUT2D eigenvalue weighted by Gasteiger charge is -2.18. The van der Waals surface area contributed by atoms with Gasteiger partial charge in [-0.2, -0.15) is 0 Å². The fourth-order valence-electron chi connectivity index (χ4n) is 6.65. The largest absolute Gasteiger partial charge is 0.455 e. The van der Waals surface area contributed by atoms with E-state index >= 15 is 0 Å². The van der Waals surface area contributed by atoms with Crippen LogP contribution in [0.3, 0.4) is 0 Å². The first kappa shape index (κ1) is 15.6. The Morgan fingerprint density at radius 3 is 1.76 bits per heavy atom. The predicted octanol–water partition coefficient (Wildman–Crippen LogP) is 13.7. The van der Waals surface area contributed by atoms with Gasteiger partial charge in [-0.05, 0) is 95.5 Å². The van der Waals surface area contributed by atoms with E-state index in [1.807, 2.05) is 54.6 Å². The van der Waals surface area contributed by atoms with Crippen LogP contribution in [-0.4, -0.2) is 0 Å². The van der Waals surface area contributed by atoms with Gasteiger partial charge in [-0.3, -0.25) is 0 Å². The van der Waals surface area contributed by atoms with Crippen molar-refractivity contribution in [3.63, 3.8) is 0 Å². The Labute approximate surface area is 308 Å². The van der Waals surface area contributed by atoms with Gasteiger partial charge in [0.05, 0.1) is 23.3 Å². The average Bonchev–Trinajstić information content (AvgIpc) is 3.70. The predicted molar refractivity (Wildman–Crippen MR) is 208 cm³/mol. The van der Waals surface area contributed by atoms with Crippen molar-refractivity contribution in [3.8, 4) is 44.5 Å². The van der Waals surface area contributed by atoms with E-state index in [0.717, 1.165) is 21.9 Å². The Bertz CT molecular complexity index is 3750. The van der Waals surface area contributed by atoms with Gasteiger partial charge in [0, 0.05) is 16.3 Å². The summed E-state index contributed by atoms with van der Waals surface area (Å²) in [6.45, 7) is 0. The summed E-state index contributed by atoms with van der Waals surface area (Å²) in [5.41, 5.74) is 0.296. The molecule has 0 radical (unpaired) electrons. The van der Waals surface area contributed by atoms with Crippen LogP contribution in [0.2, 0.25) is 0 Å². The quantitative estimate of drug-likeness (QED) is 0.175. The van der Waals surface area contributed by atoms with Crippen LogP contribution in [0, 0.1) is 0 Å². The molecule has 10 rings (SSSR count). The number of furan rings is 1. The highest BCUT2D eigenvalue weighted by atomic mass is 16.3. The third kappa shape index (κ3) is 4.47. The molecule has 0 saturated carbocycles. The number of hydrogen-bond acceptors (Lipinski definition) is 1. The fraction of sp³-hybridized carbons (Fsp3) is 0. The highest BCUT2D eigenvalue weighted by Gasteiger charge is 2.18. The van der Waals surface area contributed by atoms with E-state index in [9.17, 15) is 11.0 Å². The molecule has 0 N–H and O–H groups in total. The van der Waals surface area contributed by atoms with Crippen molar-refractivity contribution < 1.29 is 27.7 Å². The lowest BCUT2D eigenvalue weighted by Crippen LogP contribution is -1.91. The summed E-state index contributed by atoms with van der Waals surface area (Å²) in [6.07, 6.45) is 0. The summed E-state index contributed by atoms with van der Waals surface area (Å²) in [6, 6.07) is 11.6. The Balaban J connectivity index is 1.35. The molecule has 0 aliphatic rings. The van der Waals surface area contributed by atoms with E-state index in [4.69, 9.17) is 16.8 Å². The Morgan fingerprint density at radius 1 is 0.388 bits per heavy atom. The summed E-state index contributed by atoms with van der Waals surface area (Å²) in [5.74, 6) is 0. The molecule has 10 aromatic rings. The molecular weight excluding hydrogens is 593 g/mol. The van der Waals surface area contributed by atoms with Crippen LogP contribution in [0.1, 0.15) is 23.3 Å². The molecule has 0 saturated heterocycles. The van der Waals surface area contributed by atoms with E-state index < -0.39 is 147 Å². The van der Waals surface area contributed by atoms with E-state index in [1.165, 1.54) is 0 Å². The van der Waals surface area contributed by atoms with Crippen LogP contribution in [0.25, 0.3) is 98.8 Å². The summed E-state index contributed by atoms with van der Waals surface area (Å²) < 4.78 is 160. The minimum atomic E-state index is -0.826. The van der Waals surface area contributed by atoms with Gasteiger partial charge in [-0.25, -0.2) is 0 Å². The zero-order valence-electron chi connectivity index (χ0n) is 42.4. The monoisotopic (exact) mass is 639 g/mol. The minimum absolute atomic E-state index is 0.161. The van der Waals surface area contributed by atoms with Gasteiger partial charge in [0.2, 0.25) is 0 Å². The molecule has 0 aliphatic heterocycles. The topological polar surface area (TPSA) is 13.1 Å². The molecule has 1 aromatic heterocycles. The zero-order valence-corrected chi connectivity index (χ0v) is 25.4. The van der Waals surface area contributed by atoms with Gasteiger partial charge in [0.25, 0.3) is 0 Å². The molecule has 228 valence electrons. The summed E-state index contributed by atoms with van der Waals surface area (Å²) >= 11 is 0. The zero-order chi connectivity index (χ0) is 47.1. The van der Waals surface area contributed by atoms with Crippen molar-refractivity contribution in [2.24, 2.45) is 0 Å². The van der Waals surface area contributed by atoms with Gasteiger partial charge < -0.3 is 4.42 Å². The molecule has 0 amide bonds. The summed E-state index contributed by atoms with van der Waals surface area (Å²) in [4.78, 5) is 0. The Morgan fingerprint density at radius 2 is 1.00 bits per heavy atom. The molecule has 1 heterocycles. The maximum Gasteiger partial charge on any atom is 0.143 e. The van der Waals surface area contributed by atoms with Crippen LogP contribution < -0.4 is 0 Å². The molecule has 0 fully saturated rings. The maximum atomic E-state index is 9.90. The molecule has 9 aromatic carbocycles. The van der Waals surface area contributed by atoms with Crippen molar-refractivity contribution in [2.75, 3.05) is 0 Å². The summed E-state index contributed by atoms with van der Waals surface area (Å²) in [7, 11) is 0. The molecule has 1 heteroatoms. The van der Waals surface area contributed by atoms with Crippen molar-refractivity contribution in [3.05, 3.63) is 182 Å². The SMILES string of the molecule is [2H]c1c([2H])c([2H])c(-c2c3c([2H])c([2H])c([2H])c([2H])c3c(-c3c([2H])c([2H])c([2H])c(-c4cccc5c4oc4cc(-c6ccc7ccccc7c6)ccc45)c3[2H])c3c([2H])c([2H])c([2H])c([2H])c23)c([2H])c1[2H]. The number of hydrogen-bond donors (Lipinski definition) is 0.